The average Bonchev–Trinajstić information content (AvgIpc) is 3.88. The molecule has 430 valence electrons. The molecular formula is C56H98N6O13. The number of aliphatic hydroxyl groups is 1. The molecule has 1 aliphatic rings. The molecular weight excluding hydrogens is 965 g/mol. The topological polar surface area (TPSA) is 238 Å². The number of nitrogens with zero attached hydrogens (tertiary/aromatic N) is 3. The molecule has 0 saturated carbocycles. The van der Waals surface area contributed by atoms with Gasteiger partial charge < -0.3 is 59.0 Å². The van der Waals surface area contributed by atoms with E-state index in [1.54, 1.807) is 52.0 Å². The van der Waals surface area contributed by atoms with Crippen molar-refractivity contribution >= 4 is 35.3 Å². The summed E-state index contributed by atoms with van der Waals surface area (Å²) in [6.07, 6.45) is 3.28. The predicted octanol–water partition coefficient (Wildman–Crippen LogP) is 5.26. The van der Waals surface area contributed by atoms with Crippen molar-refractivity contribution in [1.29, 1.82) is 0 Å². The van der Waals surface area contributed by atoms with E-state index in [4.69, 9.17) is 29.6 Å². The van der Waals surface area contributed by atoms with Crippen LogP contribution in [0.5, 0.6) is 0 Å². The van der Waals surface area contributed by atoms with Gasteiger partial charge >= 0.3 is 0 Å². The van der Waals surface area contributed by atoms with Crippen LogP contribution in [-0.2, 0) is 57.3 Å². The fourth-order valence-electron chi connectivity index (χ4n) is 10.2. The molecule has 5 N–H and O–H groups in total. The van der Waals surface area contributed by atoms with E-state index in [0.717, 1.165) is 19.3 Å². The van der Waals surface area contributed by atoms with Crippen LogP contribution >= 0.6 is 0 Å². The Kier molecular flexibility index (Phi) is 32.9. The lowest BCUT2D eigenvalue weighted by atomic mass is 9.83. The van der Waals surface area contributed by atoms with E-state index in [-0.39, 0.29) is 78.4 Å². The van der Waals surface area contributed by atoms with Gasteiger partial charge in [-0.2, -0.15) is 0 Å². The van der Waals surface area contributed by atoms with Crippen molar-refractivity contribution in [3.63, 3.8) is 0 Å². The lowest BCUT2D eigenvalue weighted by Gasteiger charge is -2.41. The largest absolute Gasteiger partial charge is 0.386 e. The number of likely N-dealkylation sites (N-methyl/N-ethyl adjacent to an activating group) is 2. The van der Waals surface area contributed by atoms with Crippen molar-refractivity contribution in [2.75, 3.05) is 87.7 Å². The molecule has 75 heavy (non-hydrogen) atoms. The van der Waals surface area contributed by atoms with Crippen molar-refractivity contribution < 1.29 is 62.4 Å². The van der Waals surface area contributed by atoms with Gasteiger partial charge in [0, 0.05) is 66.6 Å². The van der Waals surface area contributed by atoms with Crippen LogP contribution in [0.1, 0.15) is 138 Å². The second-order valence-electron chi connectivity index (χ2n) is 20.9. The number of rotatable bonds is 40. The summed E-state index contributed by atoms with van der Waals surface area (Å²) in [7, 11) is 6.48. The Morgan fingerprint density at radius 2 is 1.37 bits per heavy atom. The van der Waals surface area contributed by atoms with E-state index in [1.807, 2.05) is 71.9 Å². The van der Waals surface area contributed by atoms with Crippen LogP contribution in [0, 0.1) is 29.6 Å². The van der Waals surface area contributed by atoms with Gasteiger partial charge in [0.1, 0.15) is 0 Å². The highest BCUT2D eigenvalue weighted by molar-refractivity contribution is 5.93. The molecule has 0 spiro atoms. The Balaban J connectivity index is 1.98. The number of likely N-dealkylation sites (tertiary alicyclic amines) is 1. The van der Waals surface area contributed by atoms with Gasteiger partial charge in [0.2, 0.25) is 29.5 Å². The van der Waals surface area contributed by atoms with E-state index in [2.05, 4.69) is 15.5 Å². The van der Waals surface area contributed by atoms with Crippen molar-refractivity contribution in [2.45, 2.75) is 168 Å². The third kappa shape index (κ3) is 22.8. The van der Waals surface area contributed by atoms with Gasteiger partial charge in [-0.05, 0) is 55.9 Å². The summed E-state index contributed by atoms with van der Waals surface area (Å²) in [5, 5.41) is 16.7. The Hall–Kier alpha value is -4.08. The summed E-state index contributed by atoms with van der Waals surface area (Å²) in [6, 6.07) is 6.96. The lowest BCUT2D eigenvalue weighted by molar-refractivity contribution is -0.150. The van der Waals surface area contributed by atoms with Gasteiger partial charge in [0.25, 0.3) is 0 Å². The monoisotopic (exact) mass is 1060 g/mol. The number of ether oxygens (including phenoxy) is 5. The van der Waals surface area contributed by atoms with Gasteiger partial charge in [-0.1, -0.05) is 98.1 Å². The molecule has 19 heteroatoms. The van der Waals surface area contributed by atoms with Crippen LogP contribution in [0.25, 0.3) is 0 Å². The Labute approximate surface area is 449 Å². The van der Waals surface area contributed by atoms with Crippen molar-refractivity contribution in [3.05, 3.63) is 35.9 Å². The number of methoxy groups -OCH3 is 2. The first kappa shape index (κ1) is 67.0. The number of nitrogens with one attached hydrogen (secondary N) is 2. The van der Waals surface area contributed by atoms with Gasteiger partial charge in [-0.3, -0.25) is 28.8 Å². The summed E-state index contributed by atoms with van der Waals surface area (Å²) >= 11 is 0. The van der Waals surface area contributed by atoms with E-state index >= 15 is 0 Å². The quantitative estimate of drug-likeness (QED) is 0.0485. The van der Waals surface area contributed by atoms with Gasteiger partial charge in [-0.15, -0.1) is 0 Å². The van der Waals surface area contributed by atoms with E-state index in [0.29, 0.717) is 97.0 Å². The third-order valence-electron chi connectivity index (χ3n) is 14.8. The fraction of sp³-hybridized carbons (Fsp3) is 0.786. The van der Waals surface area contributed by atoms with E-state index in [1.165, 1.54) is 4.90 Å². The number of aliphatic hydroxyl groups excluding tert-OH is 1. The summed E-state index contributed by atoms with van der Waals surface area (Å²) in [5.74, 6) is 2.05. The maximum Gasteiger partial charge on any atom is 0.226 e. The maximum atomic E-state index is 14.7. The first-order valence-corrected chi connectivity index (χ1v) is 27.5. The number of carbonyl (C=O) groups is 6. The lowest BCUT2D eigenvalue weighted by Crippen LogP contribution is -2.55. The van der Waals surface area contributed by atoms with Crippen LogP contribution in [0.4, 0.5) is 0 Å². The molecule has 5 amide bonds. The number of Topliss-reactive ketones (excluding diaryl/α,β-unsaturated/α-hetero) is 1. The first-order chi connectivity index (χ1) is 35.8. The third-order valence-corrected chi connectivity index (χ3v) is 14.8. The minimum Gasteiger partial charge on any atom is -0.386 e. The van der Waals surface area contributed by atoms with Crippen LogP contribution in [0.2, 0.25) is 0 Å². The standard InChI is InChI=1S/C56H98N6O13/c1-13-40(6)52(47(70-11)37-50(66)62-28-21-24-45(62)54(71-12)41(7)55(68)59-42(8)53(67)43-22-17-16-18-23-43)61(10)56(69)44(38(2)3)36-46(63)51(39(4)5)60(9)49(65)26-20-15-14-19-25-48(64)58-27-29-72-30-31-73-32-33-74-34-35-75-57/h16-18,22-23,38-42,44-45,47,51-54,67H,13-15,19-21,24-37,57H2,1-12H3,(H,58,64)(H,59,68)/t40-,41+,42+,44-,45-,47+,51-,52-,53+,54+/m0/s1. The number of amides is 5. The number of ketones is 1. The number of nitrogens with two attached hydrogens (primary N) is 1. The summed E-state index contributed by atoms with van der Waals surface area (Å²) < 4.78 is 28.2. The number of hydrogen-bond donors (Lipinski definition) is 4. The summed E-state index contributed by atoms with van der Waals surface area (Å²) in [4.78, 5) is 92.3. The summed E-state index contributed by atoms with van der Waals surface area (Å²) in [5.41, 5.74) is 0.693. The van der Waals surface area contributed by atoms with Crippen LogP contribution in [-0.4, -0.2) is 179 Å². The molecule has 1 heterocycles. The minimum absolute atomic E-state index is 0.0145. The normalized spacial score (nSPS) is 17.4. The molecule has 0 radical (unpaired) electrons. The van der Waals surface area contributed by atoms with Gasteiger partial charge in [0.05, 0.1) is 101 Å². The van der Waals surface area contributed by atoms with Crippen LogP contribution in [0.3, 0.4) is 0 Å². The highest BCUT2D eigenvalue weighted by atomic mass is 16.6. The van der Waals surface area contributed by atoms with Gasteiger partial charge in [-0.25, -0.2) is 5.90 Å². The first-order valence-electron chi connectivity index (χ1n) is 27.5. The molecule has 19 nitrogen and oxygen atoms in total. The fourth-order valence-corrected chi connectivity index (χ4v) is 10.2. The molecule has 10 atom stereocenters. The summed E-state index contributed by atoms with van der Waals surface area (Å²) in [6.45, 7) is 19.0. The van der Waals surface area contributed by atoms with Crippen molar-refractivity contribution in [3.8, 4) is 0 Å². The highest BCUT2D eigenvalue weighted by Crippen LogP contribution is 2.31. The average molecular weight is 1060 g/mol. The zero-order chi connectivity index (χ0) is 56.0. The second kappa shape index (κ2) is 36.9. The number of unbranched alkanes of at least 4 members (excludes halogenated alkanes) is 3. The molecule has 0 bridgehead atoms. The predicted molar refractivity (Wildman–Crippen MR) is 288 cm³/mol. The van der Waals surface area contributed by atoms with E-state index in [9.17, 15) is 33.9 Å². The molecule has 1 aromatic rings. The Morgan fingerprint density at radius 3 is 1.93 bits per heavy atom. The minimum atomic E-state index is -0.904. The molecule has 1 aliphatic heterocycles. The number of carbonyl (C=O) groups excluding carboxylic acids is 6. The molecule has 1 fully saturated rings. The van der Waals surface area contributed by atoms with Crippen molar-refractivity contribution in [2.24, 2.45) is 35.5 Å². The maximum absolute atomic E-state index is 14.7. The SMILES string of the molecule is CC[C@H](C)[C@@H]([C@@H](CC(=O)N1CCC[C@H]1[C@H](OC)[C@@H](C)C(=O)N[C@H](C)[C@@H](O)c1ccccc1)OC)N(C)C(=O)[C@@H](CC(=O)[C@H](C(C)C)N(C)C(=O)CCCCCCC(=O)NCCOCCOCCOCCON)C(C)C. The van der Waals surface area contributed by atoms with E-state index < -0.39 is 48.3 Å². The Bertz CT molecular complexity index is 1810. The van der Waals surface area contributed by atoms with Crippen LogP contribution < -0.4 is 16.5 Å². The van der Waals surface area contributed by atoms with Crippen LogP contribution in [0.15, 0.2) is 30.3 Å². The molecule has 0 unspecified atom stereocenters. The molecule has 2 rings (SSSR count). The zero-order valence-electron chi connectivity index (χ0n) is 47.7. The molecule has 1 saturated heterocycles. The number of hydrogen-bond acceptors (Lipinski definition) is 14. The smallest absolute Gasteiger partial charge is 0.226 e. The Morgan fingerprint density at radius 1 is 0.773 bits per heavy atom. The molecule has 0 aromatic heterocycles. The highest BCUT2D eigenvalue weighted by Gasteiger charge is 2.44. The zero-order valence-corrected chi connectivity index (χ0v) is 47.7. The van der Waals surface area contributed by atoms with Crippen molar-refractivity contribution in [1.82, 2.24) is 25.3 Å². The molecule has 1 aromatic carbocycles. The van der Waals surface area contributed by atoms with Gasteiger partial charge in [0.15, 0.2) is 5.78 Å². The second-order valence-corrected chi connectivity index (χ2v) is 20.9. The number of benzene rings is 1. The molecule has 0 aliphatic carbocycles.